The first-order valence-electron chi connectivity index (χ1n) is 6.87. The summed E-state index contributed by atoms with van der Waals surface area (Å²) in [6.45, 7) is 6.67. The Balaban J connectivity index is 2.42. The summed E-state index contributed by atoms with van der Waals surface area (Å²) in [6, 6.07) is -0.536. The third kappa shape index (κ3) is 4.02. The van der Waals surface area contributed by atoms with Crippen molar-refractivity contribution in [2.24, 2.45) is 0 Å². The number of hydrogen-bond acceptors (Lipinski definition) is 4. The van der Waals surface area contributed by atoms with Gasteiger partial charge in [0.25, 0.3) is 0 Å². The molecule has 0 aromatic rings. The van der Waals surface area contributed by atoms with Gasteiger partial charge in [0.1, 0.15) is 0 Å². The van der Waals surface area contributed by atoms with E-state index in [1.165, 1.54) is 4.90 Å². The Morgan fingerprint density at radius 1 is 1.42 bits per heavy atom. The second kappa shape index (κ2) is 7.23. The molecular formula is C13H23N3O3. The molecule has 0 spiro atoms. The summed E-state index contributed by atoms with van der Waals surface area (Å²) < 4.78 is 0. The second-order valence-electron chi connectivity index (χ2n) is 4.77. The van der Waals surface area contributed by atoms with Gasteiger partial charge in [0.15, 0.2) is 0 Å². The van der Waals surface area contributed by atoms with E-state index in [0.717, 1.165) is 6.42 Å². The maximum absolute atomic E-state index is 12.1. The first-order chi connectivity index (χ1) is 9.01. The summed E-state index contributed by atoms with van der Waals surface area (Å²) >= 11 is 0. The van der Waals surface area contributed by atoms with Gasteiger partial charge in [-0.05, 0) is 20.3 Å². The fourth-order valence-corrected chi connectivity index (χ4v) is 2.10. The summed E-state index contributed by atoms with van der Waals surface area (Å²) in [5.74, 6) is -0.351. The van der Waals surface area contributed by atoms with E-state index in [9.17, 15) is 14.4 Å². The van der Waals surface area contributed by atoms with Crippen LogP contribution in [-0.4, -0.2) is 47.8 Å². The Hall–Kier alpha value is -1.43. The van der Waals surface area contributed by atoms with Crippen LogP contribution in [0.2, 0.25) is 0 Å². The Morgan fingerprint density at radius 2 is 2.11 bits per heavy atom. The normalized spacial score (nSPS) is 20.8. The number of likely N-dealkylation sites (tertiary alicyclic amines) is 1. The Kier molecular flexibility index (Phi) is 5.95. The minimum Gasteiger partial charge on any atom is -0.356 e. The van der Waals surface area contributed by atoms with Crippen LogP contribution in [0.15, 0.2) is 0 Å². The average molecular weight is 269 g/mol. The number of amides is 3. The van der Waals surface area contributed by atoms with Gasteiger partial charge in [-0.3, -0.25) is 19.3 Å². The number of carbonyl (C=O) groups is 3. The van der Waals surface area contributed by atoms with Crippen molar-refractivity contribution < 1.29 is 14.4 Å². The van der Waals surface area contributed by atoms with Crippen LogP contribution < -0.4 is 10.6 Å². The predicted octanol–water partition coefficient (Wildman–Crippen LogP) is 0.0282. The van der Waals surface area contributed by atoms with Gasteiger partial charge in [0, 0.05) is 25.6 Å². The average Bonchev–Trinajstić information content (AvgIpc) is 2.64. The largest absolute Gasteiger partial charge is 0.356 e. The third-order valence-electron chi connectivity index (χ3n) is 3.33. The van der Waals surface area contributed by atoms with Crippen LogP contribution >= 0.6 is 0 Å². The van der Waals surface area contributed by atoms with Crippen molar-refractivity contribution in [3.8, 4) is 0 Å². The van der Waals surface area contributed by atoms with E-state index < -0.39 is 6.04 Å². The predicted molar refractivity (Wildman–Crippen MR) is 71.3 cm³/mol. The number of carbonyl (C=O) groups excluding carboxylic acids is 3. The van der Waals surface area contributed by atoms with Gasteiger partial charge in [-0.1, -0.05) is 6.92 Å². The van der Waals surface area contributed by atoms with Gasteiger partial charge in [0.2, 0.25) is 17.7 Å². The van der Waals surface area contributed by atoms with E-state index >= 15 is 0 Å². The first kappa shape index (κ1) is 15.6. The molecule has 6 nitrogen and oxygen atoms in total. The van der Waals surface area contributed by atoms with Crippen LogP contribution in [0.5, 0.6) is 0 Å². The monoisotopic (exact) mass is 269 g/mol. The van der Waals surface area contributed by atoms with Crippen molar-refractivity contribution in [3.05, 3.63) is 0 Å². The van der Waals surface area contributed by atoms with Crippen molar-refractivity contribution in [1.82, 2.24) is 15.5 Å². The quantitative estimate of drug-likeness (QED) is 0.639. The molecule has 0 aromatic carbocycles. The highest BCUT2D eigenvalue weighted by Gasteiger charge is 2.40. The molecule has 0 radical (unpaired) electrons. The van der Waals surface area contributed by atoms with Crippen LogP contribution in [0.25, 0.3) is 0 Å². The minimum atomic E-state index is -0.476. The van der Waals surface area contributed by atoms with E-state index in [2.05, 4.69) is 10.6 Å². The molecule has 3 amide bonds. The molecule has 19 heavy (non-hydrogen) atoms. The lowest BCUT2D eigenvalue weighted by molar-refractivity contribution is -0.141. The summed E-state index contributed by atoms with van der Waals surface area (Å²) in [7, 11) is 0. The highest BCUT2D eigenvalue weighted by Crippen LogP contribution is 2.17. The standard InChI is InChI=1S/C13H23N3O3/c1-4-9(3)16-12(18)8-10(13(16)19)15-7-6-11(17)14-5-2/h9-10,15H,4-8H2,1-3H3,(H,14,17). The van der Waals surface area contributed by atoms with Crippen molar-refractivity contribution in [3.63, 3.8) is 0 Å². The number of nitrogens with zero attached hydrogens (tertiary/aromatic N) is 1. The molecule has 1 fully saturated rings. The van der Waals surface area contributed by atoms with Crippen molar-refractivity contribution >= 4 is 17.7 Å². The molecule has 1 heterocycles. The number of hydrogen-bond donors (Lipinski definition) is 2. The summed E-state index contributed by atoms with van der Waals surface area (Å²) in [6.07, 6.45) is 1.26. The SMILES string of the molecule is CCNC(=O)CCNC1CC(=O)N(C(C)CC)C1=O. The molecule has 0 aliphatic carbocycles. The fraction of sp³-hybridized carbons (Fsp3) is 0.769. The minimum absolute atomic E-state index is 0.0504. The smallest absolute Gasteiger partial charge is 0.247 e. The number of nitrogens with one attached hydrogen (secondary N) is 2. The topological polar surface area (TPSA) is 78.5 Å². The van der Waals surface area contributed by atoms with Crippen LogP contribution in [0.1, 0.15) is 40.0 Å². The molecular weight excluding hydrogens is 246 g/mol. The third-order valence-corrected chi connectivity index (χ3v) is 3.33. The van der Waals surface area contributed by atoms with Crippen molar-refractivity contribution in [1.29, 1.82) is 0 Å². The fourth-order valence-electron chi connectivity index (χ4n) is 2.10. The lowest BCUT2D eigenvalue weighted by atomic mass is 10.2. The zero-order chi connectivity index (χ0) is 14.4. The van der Waals surface area contributed by atoms with Gasteiger partial charge in [-0.15, -0.1) is 0 Å². The molecule has 1 rings (SSSR count). The van der Waals surface area contributed by atoms with Gasteiger partial charge in [-0.25, -0.2) is 0 Å². The van der Waals surface area contributed by atoms with Gasteiger partial charge in [-0.2, -0.15) is 0 Å². The molecule has 1 aliphatic rings. The summed E-state index contributed by atoms with van der Waals surface area (Å²) in [5.41, 5.74) is 0. The molecule has 0 bridgehead atoms. The number of imide groups is 1. The highest BCUT2D eigenvalue weighted by molar-refractivity contribution is 6.05. The molecule has 2 unspecified atom stereocenters. The van der Waals surface area contributed by atoms with Gasteiger partial charge in [0.05, 0.1) is 12.5 Å². The molecule has 2 atom stereocenters. The van der Waals surface area contributed by atoms with Crippen LogP contribution in [-0.2, 0) is 14.4 Å². The molecule has 2 N–H and O–H groups in total. The molecule has 6 heteroatoms. The Bertz CT molecular complexity index is 357. The summed E-state index contributed by atoms with van der Waals surface area (Å²) in [4.78, 5) is 36.4. The Labute approximate surface area is 113 Å². The van der Waals surface area contributed by atoms with E-state index in [1.807, 2.05) is 20.8 Å². The molecule has 0 aromatic heterocycles. The van der Waals surface area contributed by atoms with E-state index in [-0.39, 0.29) is 30.2 Å². The molecule has 108 valence electrons. The van der Waals surface area contributed by atoms with Crippen molar-refractivity contribution in [2.45, 2.75) is 52.1 Å². The van der Waals surface area contributed by atoms with Crippen LogP contribution in [0.3, 0.4) is 0 Å². The van der Waals surface area contributed by atoms with Crippen LogP contribution in [0, 0.1) is 0 Å². The zero-order valence-electron chi connectivity index (χ0n) is 11.9. The van der Waals surface area contributed by atoms with Gasteiger partial charge < -0.3 is 10.6 Å². The lowest BCUT2D eigenvalue weighted by Gasteiger charge is -2.21. The maximum Gasteiger partial charge on any atom is 0.247 e. The second-order valence-corrected chi connectivity index (χ2v) is 4.77. The van der Waals surface area contributed by atoms with E-state index in [0.29, 0.717) is 19.5 Å². The number of rotatable bonds is 7. The molecule has 1 saturated heterocycles. The maximum atomic E-state index is 12.1. The van der Waals surface area contributed by atoms with E-state index in [4.69, 9.17) is 0 Å². The van der Waals surface area contributed by atoms with Crippen molar-refractivity contribution in [2.75, 3.05) is 13.1 Å². The summed E-state index contributed by atoms with van der Waals surface area (Å²) in [5, 5.41) is 5.67. The molecule has 1 aliphatic heterocycles. The first-order valence-corrected chi connectivity index (χ1v) is 6.87. The highest BCUT2D eigenvalue weighted by atomic mass is 16.2. The zero-order valence-corrected chi connectivity index (χ0v) is 11.9. The lowest BCUT2D eigenvalue weighted by Crippen LogP contribution is -2.43. The van der Waals surface area contributed by atoms with Gasteiger partial charge >= 0.3 is 0 Å². The Morgan fingerprint density at radius 3 is 2.68 bits per heavy atom. The van der Waals surface area contributed by atoms with Crippen LogP contribution in [0.4, 0.5) is 0 Å². The molecule has 0 saturated carbocycles. The van der Waals surface area contributed by atoms with E-state index in [1.54, 1.807) is 0 Å².